The number of rotatable bonds is 6. The van der Waals surface area contributed by atoms with Gasteiger partial charge >= 0.3 is 0 Å². The summed E-state index contributed by atoms with van der Waals surface area (Å²) in [6, 6.07) is 10.8. The summed E-state index contributed by atoms with van der Waals surface area (Å²) in [5.41, 5.74) is 1.91. The average molecular weight is 454 g/mol. The molecular formula is C21H19Cl3N2O3. The van der Waals surface area contributed by atoms with Crippen LogP contribution < -0.4 is 4.74 Å². The maximum absolute atomic E-state index is 6.41. The molecule has 3 aromatic rings. The summed E-state index contributed by atoms with van der Waals surface area (Å²) >= 11 is 18.3. The minimum absolute atomic E-state index is 0.277. The van der Waals surface area contributed by atoms with Gasteiger partial charge in [0.1, 0.15) is 18.5 Å². The molecule has 152 valence electrons. The number of imidazole rings is 1. The summed E-state index contributed by atoms with van der Waals surface area (Å²) < 4.78 is 20.4. The van der Waals surface area contributed by atoms with Crippen LogP contribution in [0.2, 0.25) is 15.1 Å². The first-order valence-corrected chi connectivity index (χ1v) is 10.2. The van der Waals surface area contributed by atoms with Gasteiger partial charge < -0.3 is 18.8 Å². The molecule has 0 N–H and O–H groups in total. The molecule has 0 bridgehead atoms. The van der Waals surface area contributed by atoms with Crippen molar-refractivity contribution in [3.8, 4) is 5.75 Å². The fraction of sp³-hybridized carbons (Fsp3) is 0.286. The highest BCUT2D eigenvalue weighted by atomic mass is 35.5. The van der Waals surface area contributed by atoms with Crippen molar-refractivity contribution in [2.75, 3.05) is 13.2 Å². The summed E-state index contributed by atoms with van der Waals surface area (Å²) in [6.07, 6.45) is 5.05. The lowest BCUT2D eigenvalue weighted by molar-refractivity contribution is -0.189. The molecule has 0 radical (unpaired) electrons. The predicted octanol–water partition coefficient (Wildman–Crippen LogP) is 5.50. The van der Waals surface area contributed by atoms with Crippen LogP contribution >= 0.6 is 34.8 Å². The second-order valence-corrected chi connectivity index (χ2v) is 8.16. The minimum atomic E-state index is -0.965. The number of hydrogen-bond acceptors (Lipinski definition) is 4. The Balaban J connectivity index is 1.55. The van der Waals surface area contributed by atoms with Crippen LogP contribution in [0.5, 0.6) is 5.75 Å². The molecule has 2 unspecified atom stereocenters. The van der Waals surface area contributed by atoms with E-state index in [9.17, 15) is 0 Å². The zero-order chi connectivity index (χ0) is 20.4. The van der Waals surface area contributed by atoms with Gasteiger partial charge in [-0.15, -0.1) is 0 Å². The lowest BCUT2D eigenvalue weighted by Crippen LogP contribution is -2.35. The van der Waals surface area contributed by atoms with Crippen LogP contribution in [-0.2, 0) is 21.8 Å². The maximum atomic E-state index is 6.41. The summed E-state index contributed by atoms with van der Waals surface area (Å²) in [5.74, 6) is -0.415. The van der Waals surface area contributed by atoms with E-state index in [-0.39, 0.29) is 6.10 Å². The smallest absolute Gasteiger partial charge is 0.214 e. The van der Waals surface area contributed by atoms with Gasteiger partial charge in [-0.1, -0.05) is 40.9 Å². The van der Waals surface area contributed by atoms with E-state index in [0.29, 0.717) is 40.6 Å². The van der Waals surface area contributed by atoms with E-state index < -0.39 is 5.79 Å². The van der Waals surface area contributed by atoms with Crippen molar-refractivity contribution in [3.63, 3.8) is 0 Å². The normalized spacial score (nSPS) is 21.4. The van der Waals surface area contributed by atoms with Crippen LogP contribution in [-0.4, -0.2) is 28.9 Å². The third-order valence-electron chi connectivity index (χ3n) is 4.73. The Bertz CT molecular complexity index is 997. The van der Waals surface area contributed by atoms with Crippen molar-refractivity contribution in [2.45, 2.75) is 25.4 Å². The molecule has 1 saturated heterocycles. The SMILES string of the molecule is Cc1cc(Cl)ccc1C1(Cn2ccnc2)OCC(COc2ccc(Cl)cc2Cl)O1. The highest BCUT2D eigenvalue weighted by Crippen LogP contribution is 2.39. The number of aromatic nitrogens is 2. The molecule has 8 heteroatoms. The molecule has 2 aromatic carbocycles. The zero-order valence-corrected chi connectivity index (χ0v) is 17.9. The fourth-order valence-corrected chi connectivity index (χ4v) is 4.10. The molecular weight excluding hydrogens is 435 g/mol. The molecule has 1 aliphatic rings. The van der Waals surface area contributed by atoms with Crippen molar-refractivity contribution in [1.29, 1.82) is 0 Å². The number of ether oxygens (including phenoxy) is 3. The van der Waals surface area contributed by atoms with Gasteiger partial charge in [-0.3, -0.25) is 0 Å². The molecule has 2 heterocycles. The Labute approximate surface area is 184 Å². The van der Waals surface area contributed by atoms with E-state index in [1.54, 1.807) is 30.7 Å². The van der Waals surface area contributed by atoms with Gasteiger partial charge in [-0.25, -0.2) is 4.98 Å². The quantitative estimate of drug-likeness (QED) is 0.494. The maximum Gasteiger partial charge on any atom is 0.214 e. The fourth-order valence-electron chi connectivity index (χ4n) is 3.41. The van der Waals surface area contributed by atoms with Crippen molar-refractivity contribution < 1.29 is 14.2 Å². The van der Waals surface area contributed by atoms with Crippen molar-refractivity contribution in [1.82, 2.24) is 9.55 Å². The molecule has 29 heavy (non-hydrogen) atoms. The second kappa shape index (κ2) is 8.54. The van der Waals surface area contributed by atoms with E-state index in [1.807, 2.05) is 35.9 Å². The number of halogens is 3. The largest absolute Gasteiger partial charge is 0.489 e. The van der Waals surface area contributed by atoms with Gasteiger partial charge in [-0.05, 0) is 42.8 Å². The summed E-state index contributed by atoms with van der Waals surface area (Å²) in [6.45, 7) is 3.11. The first-order chi connectivity index (χ1) is 13.9. The molecule has 5 nitrogen and oxygen atoms in total. The van der Waals surface area contributed by atoms with E-state index in [4.69, 9.17) is 49.0 Å². The van der Waals surface area contributed by atoms with E-state index in [1.165, 1.54) is 0 Å². The Morgan fingerprint density at radius 2 is 1.97 bits per heavy atom. The topological polar surface area (TPSA) is 45.5 Å². The first kappa shape index (κ1) is 20.5. The third kappa shape index (κ3) is 4.55. The van der Waals surface area contributed by atoms with Gasteiger partial charge in [0.2, 0.25) is 5.79 Å². The lowest BCUT2D eigenvalue weighted by atomic mass is 10.00. The van der Waals surface area contributed by atoms with Gasteiger partial charge in [0.25, 0.3) is 0 Å². The van der Waals surface area contributed by atoms with Gasteiger partial charge in [0.15, 0.2) is 0 Å². The van der Waals surface area contributed by atoms with E-state index in [0.717, 1.165) is 11.1 Å². The van der Waals surface area contributed by atoms with Crippen molar-refractivity contribution in [2.24, 2.45) is 0 Å². The van der Waals surface area contributed by atoms with Crippen molar-refractivity contribution >= 4 is 34.8 Å². The van der Waals surface area contributed by atoms with Crippen molar-refractivity contribution in [3.05, 3.63) is 81.3 Å². The van der Waals surface area contributed by atoms with Crippen LogP contribution in [0.15, 0.2) is 55.1 Å². The van der Waals surface area contributed by atoms with E-state index in [2.05, 4.69) is 4.98 Å². The van der Waals surface area contributed by atoms with Gasteiger partial charge in [-0.2, -0.15) is 0 Å². The Kier molecular flexibility index (Phi) is 6.04. The molecule has 1 fully saturated rings. The number of nitrogens with zero attached hydrogens (tertiary/aromatic N) is 2. The summed E-state index contributed by atoms with van der Waals surface area (Å²) in [7, 11) is 0. The standard InChI is InChI=1S/C21H19Cl3N2O3/c1-14-8-15(22)2-4-18(14)21(12-26-7-6-25-13-26)28-11-17(29-21)10-27-20-5-3-16(23)9-19(20)24/h2-9,13,17H,10-12H2,1H3. The number of aryl methyl sites for hydroxylation is 1. The molecule has 1 aromatic heterocycles. The van der Waals surface area contributed by atoms with Crippen LogP contribution in [0.3, 0.4) is 0 Å². The molecule has 2 atom stereocenters. The van der Waals surface area contributed by atoms with Gasteiger partial charge in [0, 0.05) is 28.0 Å². The summed E-state index contributed by atoms with van der Waals surface area (Å²) in [4.78, 5) is 4.12. The van der Waals surface area contributed by atoms with Crippen LogP contribution in [0.4, 0.5) is 0 Å². The Hall–Kier alpha value is -1.76. The van der Waals surface area contributed by atoms with Gasteiger partial charge in [0.05, 0.1) is 24.5 Å². The average Bonchev–Trinajstić information content (AvgIpc) is 3.32. The molecule has 4 rings (SSSR count). The monoisotopic (exact) mass is 452 g/mol. The molecule has 0 saturated carbocycles. The Morgan fingerprint density at radius 3 is 2.69 bits per heavy atom. The predicted molar refractivity (Wildman–Crippen MR) is 113 cm³/mol. The minimum Gasteiger partial charge on any atom is -0.489 e. The van der Waals surface area contributed by atoms with Crippen LogP contribution in [0.1, 0.15) is 11.1 Å². The van der Waals surface area contributed by atoms with Crippen LogP contribution in [0.25, 0.3) is 0 Å². The second-order valence-electron chi connectivity index (χ2n) is 6.88. The zero-order valence-electron chi connectivity index (χ0n) is 15.6. The van der Waals surface area contributed by atoms with E-state index >= 15 is 0 Å². The highest BCUT2D eigenvalue weighted by Gasteiger charge is 2.45. The third-order valence-corrected chi connectivity index (χ3v) is 5.49. The summed E-state index contributed by atoms with van der Waals surface area (Å²) in [5, 5.41) is 1.68. The number of benzene rings is 2. The molecule has 0 aliphatic carbocycles. The number of hydrogen-bond donors (Lipinski definition) is 0. The lowest BCUT2D eigenvalue weighted by Gasteiger charge is -2.30. The highest BCUT2D eigenvalue weighted by molar-refractivity contribution is 6.35. The molecule has 0 spiro atoms. The molecule has 1 aliphatic heterocycles. The first-order valence-electron chi connectivity index (χ1n) is 9.07. The molecule has 0 amide bonds. The Morgan fingerprint density at radius 1 is 1.17 bits per heavy atom. The van der Waals surface area contributed by atoms with Crippen LogP contribution in [0, 0.1) is 6.92 Å².